The maximum absolute atomic E-state index is 11.3. The van der Waals surface area contributed by atoms with E-state index in [1.54, 1.807) is 16.8 Å². The second kappa shape index (κ2) is 3.55. The second-order valence-corrected chi connectivity index (χ2v) is 4.39. The second-order valence-electron chi connectivity index (χ2n) is 3.47. The molecule has 1 N–H and O–H groups in total. The molecule has 1 aliphatic heterocycles. The maximum atomic E-state index is 11.3. The van der Waals surface area contributed by atoms with Gasteiger partial charge >= 0.3 is 0 Å². The van der Waals surface area contributed by atoms with Gasteiger partial charge in [0.2, 0.25) is 0 Å². The first-order valence-electron chi connectivity index (χ1n) is 4.42. The highest BCUT2D eigenvalue weighted by Crippen LogP contribution is 2.25. The number of nitrogens with one attached hydrogen (secondary N) is 1. The van der Waals surface area contributed by atoms with Crippen molar-refractivity contribution in [1.29, 1.82) is 0 Å². The van der Waals surface area contributed by atoms with E-state index in [-0.39, 0.29) is 6.04 Å². The Balaban J connectivity index is 2.12. The summed E-state index contributed by atoms with van der Waals surface area (Å²) in [5, 5.41) is 3.40. The minimum absolute atomic E-state index is 0.198. The molecule has 1 saturated heterocycles. The van der Waals surface area contributed by atoms with Gasteiger partial charge < -0.3 is 5.32 Å². The van der Waals surface area contributed by atoms with Gasteiger partial charge in [0.1, 0.15) is 5.78 Å². The van der Waals surface area contributed by atoms with Crippen molar-refractivity contribution in [2.45, 2.75) is 31.8 Å². The van der Waals surface area contributed by atoms with E-state index in [1.165, 1.54) is 4.88 Å². The van der Waals surface area contributed by atoms with E-state index in [0.717, 1.165) is 0 Å². The van der Waals surface area contributed by atoms with Gasteiger partial charge in [-0.3, -0.25) is 9.78 Å². The first-order chi connectivity index (χ1) is 6.25. The third-order valence-electron chi connectivity index (χ3n) is 2.25. The molecule has 2 atom stereocenters. The molecule has 0 amide bonds. The predicted molar refractivity (Wildman–Crippen MR) is 51.7 cm³/mol. The van der Waals surface area contributed by atoms with Crippen molar-refractivity contribution in [2.24, 2.45) is 0 Å². The van der Waals surface area contributed by atoms with Crippen molar-refractivity contribution in [3.63, 3.8) is 0 Å². The number of nitrogens with zero attached hydrogens (tertiary/aromatic N) is 1. The van der Waals surface area contributed by atoms with Crippen LogP contribution >= 0.6 is 11.3 Å². The first kappa shape index (κ1) is 8.84. The Morgan fingerprint density at radius 2 is 2.46 bits per heavy atom. The third-order valence-corrected chi connectivity index (χ3v) is 3.14. The Labute approximate surface area is 81.2 Å². The fourth-order valence-electron chi connectivity index (χ4n) is 1.69. The highest BCUT2D eigenvalue weighted by molar-refractivity contribution is 7.09. The number of hydrogen-bond acceptors (Lipinski definition) is 4. The molecular formula is C9H12N2OS. The predicted octanol–water partition coefficient (Wildman–Crippen LogP) is 1.53. The standard InChI is InChI=1S/C9H12N2OS/c1-6-2-7(12)3-8(11-6)9-4-10-5-13-9/h4-6,8,11H,2-3H2,1H3. The van der Waals surface area contributed by atoms with Gasteiger partial charge in [0, 0.05) is 30.0 Å². The van der Waals surface area contributed by atoms with Crippen LogP contribution in [0.15, 0.2) is 11.7 Å². The summed E-state index contributed by atoms with van der Waals surface area (Å²) in [7, 11) is 0. The number of carbonyl (C=O) groups is 1. The molecule has 13 heavy (non-hydrogen) atoms. The largest absolute Gasteiger partial charge is 0.306 e. The van der Waals surface area contributed by atoms with Crippen molar-refractivity contribution in [1.82, 2.24) is 10.3 Å². The molecule has 1 aliphatic rings. The molecule has 2 heterocycles. The van der Waals surface area contributed by atoms with Gasteiger partial charge in [-0.15, -0.1) is 11.3 Å². The first-order valence-corrected chi connectivity index (χ1v) is 5.30. The Morgan fingerprint density at radius 1 is 1.62 bits per heavy atom. The van der Waals surface area contributed by atoms with Gasteiger partial charge in [0.05, 0.1) is 11.6 Å². The zero-order chi connectivity index (χ0) is 9.26. The molecule has 4 heteroatoms. The average molecular weight is 196 g/mol. The van der Waals surface area contributed by atoms with Crippen LogP contribution in [0.25, 0.3) is 0 Å². The molecule has 1 aromatic heterocycles. The van der Waals surface area contributed by atoms with E-state index in [1.807, 2.05) is 13.1 Å². The lowest BCUT2D eigenvalue weighted by molar-refractivity contribution is -0.121. The van der Waals surface area contributed by atoms with Crippen LogP contribution in [0.1, 0.15) is 30.7 Å². The van der Waals surface area contributed by atoms with Crippen LogP contribution in [0.3, 0.4) is 0 Å². The minimum atomic E-state index is 0.198. The Morgan fingerprint density at radius 3 is 3.08 bits per heavy atom. The Kier molecular flexibility index (Phi) is 2.42. The number of carbonyl (C=O) groups excluding carboxylic acids is 1. The zero-order valence-electron chi connectivity index (χ0n) is 7.49. The van der Waals surface area contributed by atoms with Crippen LogP contribution in [0, 0.1) is 0 Å². The van der Waals surface area contributed by atoms with Crippen LogP contribution in [0.2, 0.25) is 0 Å². The highest BCUT2D eigenvalue weighted by Gasteiger charge is 2.25. The molecule has 1 fully saturated rings. The molecule has 2 unspecified atom stereocenters. The minimum Gasteiger partial charge on any atom is -0.306 e. The Bertz CT molecular complexity index is 297. The van der Waals surface area contributed by atoms with Crippen LogP contribution < -0.4 is 5.32 Å². The van der Waals surface area contributed by atoms with Gasteiger partial charge in [-0.2, -0.15) is 0 Å². The molecule has 0 spiro atoms. The molecule has 3 nitrogen and oxygen atoms in total. The van der Waals surface area contributed by atoms with E-state index >= 15 is 0 Å². The fraction of sp³-hybridized carbons (Fsp3) is 0.556. The summed E-state index contributed by atoms with van der Waals surface area (Å²) in [5.74, 6) is 0.352. The van der Waals surface area contributed by atoms with E-state index < -0.39 is 0 Å². The fourth-order valence-corrected chi connectivity index (χ4v) is 2.38. The smallest absolute Gasteiger partial charge is 0.136 e. The summed E-state index contributed by atoms with van der Waals surface area (Å²) < 4.78 is 0. The summed E-state index contributed by atoms with van der Waals surface area (Å²) in [6.07, 6.45) is 3.12. The average Bonchev–Trinajstić information content (AvgIpc) is 2.53. The normalized spacial score (nSPS) is 29.2. The molecule has 0 aromatic carbocycles. The Hall–Kier alpha value is -0.740. The van der Waals surface area contributed by atoms with Crippen molar-refractivity contribution in [2.75, 3.05) is 0 Å². The highest BCUT2D eigenvalue weighted by atomic mass is 32.1. The van der Waals surface area contributed by atoms with Crippen LogP contribution in [-0.4, -0.2) is 16.8 Å². The summed E-state index contributed by atoms with van der Waals surface area (Å²) in [4.78, 5) is 16.5. The summed E-state index contributed by atoms with van der Waals surface area (Å²) >= 11 is 1.61. The van der Waals surface area contributed by atoms with E-state index in [2.05, 4.69) is 10.3 Å². The lowest BCUT2D eigenvalue weighted by Gasteiger charge is -2.26. The van der Waals surface area contributed by atoms with Crippen molar-refractivity contribution < 1.29 is 4.79 Å². The van der Waals surface area contributed by atoms with Crippen molar-refractivity contribution in [3.05, 3.63) is 16.6 Å². The van der Waals surface area contributed by atoms with Gasteiger partial charge in [0.15, 0.2) is 0 Å². The van der Waals surface area contributed by atoms with Gasteiger partial charge in [-0.05, 0) is 6.92 Å². The summed E-state index contributed by atoms with van der Waals surface area (Å²) in [5.41, 5.74) is 1.81. The number of hydrogen-bond donors (Lipinski definition) is 1. The molecule has 0 radical (unpaired) electrons. The molecule has 2 rings (SSSR count). The zero-order valence-corrected chi connectivity index (χ0v) is 8.30. The quantitative estimate of drug-likeness (QED) is 0.740. The lowest BCUT2D eigenvalue weighted by atomic mass is 9.98. The van der Waals surface area contributed by atoms with Crippen molar-refractivity contribution in [3.8, 4) is 0 Å². The van der Waals surface area contributed by atoms with Crippen LogP contribution in [0.5, 0.6) is 0 Å². The number of thiazole rings is 1. The van der Waals surface area contributed by atoms with Gasteiger partial charge in [-0.1, -0.05) is 0 Å². The lowest BCUT2D eigenvalue weighted by Crippen LogP contribution is -2.38. The number of rotatable bonds is 1. The number of ketones is 1. The van der Waals surface area contributed by atoms with E-state index in [0.29, 0.717) is 24.7 Å². The van der Waals surface area contributed by atoms with Crippen molar-refractivity contribution >= 4 is 17.1 Å². The molecule has 0 aliphatic carbocycles. The van der Waals surface area contributed by atoms with Crippen LogP contribution in [0.4, 0.5) is 0 Å². The number of aromatic nitrogens is 1. The number of piperidine rings is 1. The monoisotopic (exact) mass is 196 g/mol. The van der Waals surface area contributed by atoms with Crippen LogP contribution in [-0.2, 0) is 4.79 Å². The maximum Gasteiger partial charge on any atom is 0.136 e. The topological polar surface area (TPSA) is 42.0 Å². The van der Waals surface area contributed by atoms with E-state index in [9.17, 15) is 4.79 Å². The molecule has 70 valence electrons. The summed E-state index contributed by atoms with van der Waals surface area (Å²) in [6.45, 7) is 2.05. The number of Topliss-reactive ketones (excluding diaryl/α,β-unsaturated/α-hetero) is 1. The third kappa shape index (κ3) is 1.95. The molecule has 1 aromatic rings. The SMILES string of the molecule is CC1CC(=O)CC(c2cncs2)N1. The van der Waals surface area contributed by atoms with E-state index in [4.69, 9.17) is 0 Å². The van der Waals surface area contributed by atoms with Gasteiger partial charge in [0.25, 0.3) is 0 Å². The van der Waals surface area contributed by atoms with Gasteiger partial charge in [-0.25, -0.2) is 0 Å². The summed E-state index contributed by atoms with van der Waals surface area (Å²) in [6, 6.07) is 0.497. The molecule has 0 saturated carbocycles. The molecule has 0 bridgehead atoms. The molecular weight excluding hydrogens is 184 g/mol.